The zero-order valence-corrected chi connectivity index (χ0v) is 12.3. The van der Waals surface area contributed by atoms with Crippen LogP contribution in [0.3, 0.4) is 0 Å². The smallest absolute Gasteiger partial charge is 0.313 e. The highest BCUT2D eigenvalue weighted by atomic mass is 32.2. The van der Waals surface area contributed by atoms with Crippen molar-refractivity contribution in [2.24, 2.45) is 0 Å². The molecule has 0 saturated carbocycles. The minimum Gasteiger partial charge on any atom is -0.481 e. The van der Waals surface area contributed by atoms with Gasteiger partial charge in [-0.1, -0.05) is 17.8 Å². The molecule has 0 spiro atoms. The number of hydrogen-bond acceptors (Lipinski definition) is 4. The normalized spacial score (nSPS) is 11.1. The minimum atomic E-state index is -0.849. The first kappa shape index (κ1) is 13.8. The number of aliphatic carboxylic acids is 1. The van der Waals surface area contributed by atoms with Crippen molar-refractivity contribution in [3.05, 3.63) is 47.9 Å². The third-order valence-electron chi connectivity index (χ3n) is 3.11. The second-order valence-corrected chi connectivity index (χ2v) is 5.73. The molecule has 0 aliphatic heterocycles. The van der Waals surface area contributed by atoms with Crippen LogP contribution < -0.4 is 0 Å². The minimum absolute atomic E-state index is 0.00626. The number of hydrogen-bond donors (Lipinski definition) is 1. The topological polar surface area (TPSA) is 68.3 Å². The largest absolute Gasteiger partial charge is 0.481 e. The number of imidazole rings is 1. The Morgan fingerprint density at radius 2 is 2.29 bits per heavy atom. The zero-order chi connectivity index (χ0) is 14.8. The molecule has 3 rings (SSSR count). The number of nitrogens with zero attached hydrogens (tertiary/aromatic N) is 2. The van der Waals surface area contributed by atoms with Gasteiger partial charge < -0.3 is 14.1 Å². The van der Waals surface area contributed by atoms with Crippen LogP contribution in [0.2, 0.25) is 0 Å². The Balaban J connectivity index is 2.04. The molecule has 0 bridgehead atoms. The summed E-state index contributed by atoms with van der Waals surface area (Å²) in [5.41, 5.74) is 4.04. The highest BCUT2D eigenvalue weighted by molar-refractivity contribution is 7.99. The lowest BCUT2D eigenvalue weighted by Gasteiger charge is -2.07. The number of carbonyl (C=O) groups is 1. The van der Waals surface area contributed by atoms with Crippen molar-refractivity contribution < 1.29 is 14.3 Å². The molecule has 0 fully saturated rings. The van der Waals surface area contributed by atoms with Crippen molar-refractivity contribution in [1.82, 2.24) is 9.55 Å². The van der Waals surface area contributed by atoms with Gasteiger partial charge in [-0.15, -0.1) is 0 Å². The van der Waals surface area contributed by atoms with E-state index in [0.717, 1.165) is 22.2 Å². The first-order valence-corrected chi connectivity index (χ1v) is 7.44. The van der Waals surface area contributed by atoms with E-state index in [1.165, 1.54) is 11.8 Å². The average Bonchev–Trinajstić information content (AvgIpc) is 3.06. The van der Waals surface area contributed by atoms with E-state index in [2.05, 4.69) is 11.1 Å². The second-order valence-electron chi connectivity index (χ2n) is 4.79. The summed E-state index contributed by atoms with van der Waals surface area (Å²) < 4.78 is 7.13. The maximum Gasteiger partial charge on any atom is 0.313 e. The summed E-state index contributed by atoms with van der Waals surface area (Å²) >= 11 is 1.23. The molecule has 0 aliphatic carbocycles. The highest BCUT2D eigenvalue weighted by Gasteiger charge is 2.13. The van der Waals surface area contributed by atoms with Crippen LogP contribution in [0, 0.1) is 6.92 Å². The molecule has 1 aromatic carbocycles. The summed E-state index contributed by atoms with van der Waals surface area (Å²) in [6.07, 6.45) is 3.32. The number of benzene rings is 1. The fourth-order valence-electron chi connectivity index (χ4n) is 2.17. The number of carboxylic acid groups (broad SMARTS) is 1. The van der Waals surface area contributed by atoms with Crippen molar-refractivity contribution in [2.75, 3.05) is 5.75 Å². The van der Waals surface area contributed by atoms with Crippen LogP contribution in [-0.4, -0.2) is 26.4 Å². The molecule has 0 unspecified atom stereocenters. The summed E-state index contributed by atoms with van der Waals surface area (Å²) in [6.45, 7) is 2.64. The summed E-state index contributed by atoms with van der Waals surface area (Å²) in [5.74, 6) is -0.855. The third-order valence-corrected chi connectivity index (χ3v) is 4.08. The van der Waals surface area contributed by atoms with E-state index in [-0.39, 0.29) is 5.75 Å². The first-order chi connectivity index (χ1) is 10.1. The predicted molar refractivity (Wildman–Crippen MR) is 80.6 cm³/mol. The zero-order valence-electron chi connectivity index (χ0n) is 11.4. The number of furan rings is 1. The number of rotatable bonds is 5. The van der Waals surface area contributed by atoms with Crippen LogP contribution in [0.5, 0.6) is 0 Å². The molecule has 2 aromatic heterocycles. The molecular formula is C15H14N2O3S. The van der Waals surface area contributed by atoms with Crippen LogP contribution in [0.25, 0.3) is 11.0 Å². The summed E-state index contributed by atoms with van der Waals surface area (Å²) in [5, 5.41) is 9.58. The summed E-state index contributed by atoms with van der Waals surface area (Å²) in [6, 6.07) is 7.92. The fourth-order valence-corrected chi connectivity index (χ4v) is 2.90. The quantitative estimate of drug-likeness (QED) is 0.733. The molecule has 0 aliphatic rings. The number of aryl methyl sites for hydroxylation is 1. The van der Waals surface area contributed by atoms with Gasteiger partial charge in [0.25, 0.3) is 0 Å². The Hall–Kier alpha value is -2.21. The number of carboxylic acids is 1. The van der Waals surface area contributed by atoms with Gasteiger partial charge in [-0.2, -0.15) is 0 Å². The average molecular weight is 302 g/mol. The summed E-state index contributed by atoms with van der Waals surface area (Å²) in [7, 11) is 0. The highest BCUT2D eigenvalue weighted by Crippen LogP contribution is 2.26. The van der Waals surface area contributed by atoms with Gasteiger partial charge in [0.2, 0.25) is 0 Å². The van der Waals surface area contributed by atoms with Crippen molar-refractivity contribution >= 4 is 28.8 Å². The molecule has 108 valence electrons. The van der Waals surface area contributed by atoms with Gasteiger partial charge in [-0.3, -0.25) is 4.79 Å². The molecule has 1 N–H and O–H groups in total. The van der Waals surface area contributed by atoms with Crippen LogP contribution in [0.1, 0.15) is 11.1 Å². The Bertz CT molecular complexity index is 778. The van der Waals surface area contributed by atoms with Gasteiger partial charge in [0, 0.05) is 5.56 Å². The second kappa shape index (κ2) is 5.65. The molecule has 0 radical (unpaired) electrons. The lowest BCUT2D eigenvalue weighted by atomic mass is 10.2. The van der Waals surface area contributed by atoms with E-state index in [1.807, 2.05) is 29.7 Å². The van der Waals surface area contributed by atoms with Gasteiger partial charge in [0.1, 0.15) is 0 Å². The van der Waals surface area contributed by atoms with Crippen LogP contribution in [0.15, 0.2) is 46.4 Å². The van der Waals surface area contributed by atoms with E-state index in [9.17, 15) is 4.79 Å². The maximum absolute atomic E-state index is 10.8. The molecule has 3 aromatic rings. The fraction of sp³-hybridized carbons (Fsp3) is 0.200. The van der Waals surface area contributed by atoms with Gasteiger partial charge in [0.05, 0.1) is 35.9 Å². The van der Waals surface area contributed by atoms with E-state index in [4.69, 9.17) is 9.52 Å². The van der Waals surface area contributed by atoms with Crippen molar-refractivity contribution in [1.29, 1.82) is 0 Å². The lowest BCUT2D eigenvalue weighted by molar-refractivity contribution is -0.133. The molecule has 5 nitrogen and oxygen atoms in total. The Morgan fingerprint density at radius 3 is 3.00 bits per heavy atom. The lowest BCUT2D eigenvalue weighted by Crippen LogP contribution is -2.04. The molecule has 0 amide bonds. The summed E-state index contributed by atoms with van der Waals surface area (Å²) in [4.78, 5) is 15.3. The number of thioether (sulfide) groups is 1. The predicted octanol–water partition coefficient (Wildman–Crippen LogP) is 3.16. The van der Waals surface area contributed by atoms with Crippen LogP contribution in [0.4, 0.5) is 0 Å². The molecule has 2 heterocycles. The van der Waals surface area contributed by atoms with Gasteiger partial charge in [-0.25, -0.2) is 4.98 Å². The Morgan fingerprint density at radius 1 is 1.43 bits per heavy atom. The van der Waals surface area contributed by atoms with E-state index in [0.29, 0.717) is 11.7 Å². The van der Waals surface area contributed by atoms with Crippen molar-refractivity contribution in [2.45, 2.75) is 18.6 Å². The maximum atomic E-state index is 10.8. The van der Waals surface area contributed by atoms with E-state index >= 15 is 0 Å². The standard InChI is InChI=1S/C15H14N2O3S/c1-10-2-3-12-13(6-10)17(7-11-4-5-20-8-11)15(16-12)21-9-14(18)19/h2-6,8H,7,9H2,1H3,(H,18,19). The molecular weight excluding hydrogens is 288 g/mol. The first-order valence-electron chi connectivity index (χ1n) is 6.46. The van der Waals surface area contributed by atoms with Gasteiger partial charge >= 0.3 is 5.97 Å². The molecule has 0 atom stereocenters. The third kappa shape index (κ3) is 2.95. The van der Waals surface area contributed by atoms with Crippen molar-refractivity contribution in [3.8, 4) is 0 Å². The van der Waals surface area contributed by atoms with Crippen LogP contribution in [-0.2, 0) is 11.3 Å². The Kier molecular flexibility index (Phi) is 3.70. The van der Waals surface area contributed by atoms with Crippen molar-refractivity contribution in [3.63, 3.8) is 0 Å². The van der Waals surface area contributed by atoms with E-state index < -0.39 is 5.97 Å². The van der Waals surface area contributed by atoms with Gasteiger partial charge in [-0.05, 0) is 30.7 Å². The SMILES string of the molecule is Cc1ccc2nc(SCC(=O)O)n(Cc3ccoc3)c2c1. The molecule has 6 heteroatoms. The van der Waals surface area contributed by atoms with E-state index in [1.54, 1.807) is 12.5 Å². The molecule has 0 saturated heterocycles. The Labute approximate surface area is 125 Å². The number of aromatic nitrogens is 2. The van der Waals surface area contributed by atoms with Gasteiger partial charge in [0.15, 0.2) is 5.16 Å². The molecule has 21 heavy (non-hydrogen) atoms. The number of fused-ring (bicyclic) bond motifs is 1. The monoisotopic (exact) mass is 302 g/mol. The van der Waals surface area contributed by atoms with Crippen LogP contribution >= 0.6 is 11.8 Å².